The Bertz CT molecular complexity index is 539. The Morgan fingerprint density at radius 3 is 2.23 bits per heavy atom. The van der Waals surface area contributed by atoms with E-state index in [1.807, 2.05) is 0 Å². The maximum absolute atomic E-state index is 11.9. The first-order valence-electron chi connectivity index (χ1n) is 6.82. The van der Waals surface area contributed by atoms with Crippen LogP contribution in [0.3, 0.4) is 0 Å². The van der Waals surface area contributed by atoms with Gasteiger partial charge in [-0.2, -0.15) is 13.2 Å². The van der Waals surface area contributed by atoms with Gasteiger partial charge in [0.15, 0.2) is 0 Å². The van der Waals surface area contributed by atoms with Crippen molar-refractivity contribution < 1.29 is 22.8 Å². The van der Waals surface area contributed by atoms with Gasteiger partial charge in [-0.25, -0.2) is 0 Å². The summed E-state index contributed by atoms with van der Waals surface area (Å²) >= 11 is 0. The number of carbonyl (C=O) groups excluding carboxylic acids is 2. The van der Waals surface area contributed by atoms with E-state index in [1.165, 1.54) is 0 Å². The molecule has 2 amide bonds. The van der Waals surface area contributed by atoms with Crippen LogP contribution in [0.25, 0.3) is 0 Å². The second-order valence-corrected chi connectivity index (χ2v) is 5.09. The van der Waals surface area contributed by atoms with E-state index in [0.29, 0.717) is 11.4 Å². The maximum atomic E-state index is 11.9. The Hall–Kier alpha value is -2.25. The van der Waals surface area contributed by atoms with Crippen molar-refractivity contribution >= 4 is 23.2 Å². The minimum Gasteiger partial charge on any atom is -0.376 e. The molecule has 1 aromatic carbocycles. The van der Waals surface area contributed by atoms with Gasteiger partial charge in [0, 0.05) is 17.3 Å². The number of anilines is 2. The topological polar surface area (TPSA) is 70.2 Å². The number of benzene rings is 1. The molecule has 0 spiro atoms. The summed E-state index contributed by atoms with van der Waals surface area (Å²) in [5.41, 5.74) is 1.22. The van der Waals surface area contributed by atoms with Crippen LogP contribution in [0.2, 0.25) is 0 Å². The summed E-state index contributed by atoms with van der Waals surface area (Å²) in [4.78, 5) is 22.8. The third kappa shape index (κ3) is 5.63. The SMILES string of the molecule is O=C(CNc1ccc(NC(=O)C2CC2)cc1)NCC(F)(F)F. The van der Waals surface area contributed by atoms with Crippen LogP contribution in [0.1, 0.15) is 12.8 Å². The van der Waals surface area contributed by atoms with Gasteiger partial charge in [-0.3, -0.25) is 9.59 Å². The van der Waals surface area contributed by atoms with Crippen LogP contribution >= 0.6 is 0 Å². The minimum atomic E-state index is -4.42. The summed E-state index contributed by atoms with van der Waals surface area (Å²) in [5, 5.41) is 7.23. The number of hydrogen-bond acceptors (Lipinski definition) is 3. The predicted octanol–water partition coefficient (Wildman–Crippen LogP) is 2.13. The van der Waals surface area contributed by atoms with Crippen LogP contribution in [0.5, 0.6) is 0 Å². The van der Waals surface area contributed by atoms with Crippen molar-refractivity contribution in [1.29, 1.82) is 0 Å². The van der Waals surface area contributed by atoms with Gasteiger partial charge >= 0.3 is 6.18 Å². The molecule has 0 aromatic heterocycles. The molecule has 0 heterocycles. The van der Waals surface area contributed by atoms with Gasteiger partial charge in [-0.15, -0.1) is 0 Å². The monoisotopic (exact) mass is 315 g/mol. The average molecular weight is 315 g/mol. The Morgan fingerprint density at radius 1 is 1.09 bits per heavy atom. The van der Waals surface area contributed by atoms with Crippen molar-refractivity contribution in [2.24, 2.45) is 5.92 Å². The van der Waals surface area contributed by atoms with Gasteiger partial charge in [0.25, 0.3) is 0 Å². The number of carbonyl (C=O) groups is 2. The Kier molecular flexibility index (Phi) is 4.89. The van der Waals surface area contributed by atoms with Crippen molar-refractivity contribution in [2.75, 3.05) is 23.7 Å². The summed E-state index contributed by atoms with van der Waals surface area (Å²) in [6.07, 6.45) is -2.59. The van der Waals surface area contributed by atoms with Crippen LogP contribution in [0.4, 0.5) is 24.5 Å². The lowest BCUT2D eigenvalue weighted by atomic mass is 10.2. The maximum Gasteiger partial charge on any atom is 0.405 e. The molecule has 1 aliphatic rings. The van der Waals surface area contributed by atoms with Gasteiger partial charge in [-0.05, 0) is 37.1 Å². The van der Waals surface area contributed by atoms with E-state index < -0.39 is 18.6 Å². The lowest BCUT2D eigenvalue weighted by molar-refractivity contribution is -0.137. The highest BCUT2D eigenvalue weighted by molar-refractivity contribution is 5.94. The molecule has 0 atom stereocenters. The molecule has 1 saturated carbocycles. The molecule has 22 heavy (non-hydrogen) atoms. The Morgan fingerprint density at radius 2 is 1.68 bits per heavy atom. The first-order chi connectivity index (χ1) is 10.3. The van der Waals surface area contributed by atoms with Gasteiger partial charge < -0.3 is 16.0 Å². The highest BCUT2D eigenvalue weighted by Crippen LogP contribution is 2.30. The highest BCUT2D eigenvalue weighted by atomic mass is 19.4. The molecule has 8 heteroatoms. The average Bonchev–Trinajstić information content (AvgIpc) is 3.28. The number of halogens is 3. The zero-order valence-electron chi connectivity index (χ0n) is 11.7. The van der Waals surface area contributed by atoms with E-state index in [9.17, 15) is 22.8 Å². The van der Waals surface area contributed by atoms with Crippen molar-refractivity contribution in [3.05, 3.63) is 24.3 Å². The first-order valence-corrected chi connectivity index (χ1v) is 6.82. The normalized spacial score (nSPS) is 14.3. The van der Waals surface area contributed by atoms with Gasteiger partial charge in [0.05, 0.1) is 6.54 Å². The molecular formula is C14H16F3N3O2. The second kappa shape index (κ2) is 6.67. The van der Waals surface area contributed by atoms with E-state index in [0.717, 1.165) is 12.8 Å². The summed E-state index contributed by atoms with van der Waals surface area (Å²) in [5.74, 6) is -0.647. The predicted molar refractivity (Wildman–Crippen MR) is 75.4 cm³/mol. The molecule has 1 fully saturated rings. The number of hydrogen-bond donors (Lipinski definition) is 3. The highest BCUT2D eigenvalue weighted by Gasteiger charge is 2.29. The lowest BCUT2D eigenvalue weighted by Gasteiger charge is -2.10. The smallest absolute Gasteiger partial charge is 0.376 e. The fraction of sp³-hybridized carbons (Fsp3) is 0.429. The third-order valence-corrected chi connectivity index (χ3v) is 3.04. The zero-order chi connectivity index (χ0) is 16.2. The summed E-state index contributed by atoms with van der Waals surface area (Å²) < 4.78 is 35.8. The molecule has 1 aliphatic carbocycles. The lowest BCUT2D eigenvalue weighted by Crippen LogP contribution is -2.37. The molecule has 120 valence electrons. The van der Waals surface area contributed by atoms with Crippen LogP contribution in [-0.4, -0.2) is 31.1 Å². The van der Waals surface area contributed by atoms with E-state index in [2.05, 4.69) is 10.6 Å². The van der Waals surface area contributed by atoms with Gasteiger partial charge in [0.1, 0.15) is 6.54 Å². The third-order valence-electron chi connectivity index (χ3n) is 3.04. The molecular weight excluding hydrogens is 299 g/mol. The Balaban J connectivity index is 1.73. The standard InChI is InChI=1S/C14H16F3N3O2/c15-14(16,17)8-19-12(21)7-18-10-3-5-11(6-4-10)20-13(22)9-1-2-9/h3-6,9,18H,1-2,7-8H2,(H,19,21)(H,20,22). The zero-order valence-corrected chi connectivity index (χ0v) is 11.7. The van der Waals surface area contributed by atoms with Crippen molar-refractivity contribution in [3.8, 4) is 0 Å². The second-order valence-electron chi connectivity index (χ2n) is 5.09. The molecule has 1 aromatic rings. The van der Waals surface area contributed by atoms with E-state index in [4.69, 9.17) is 0 Å². The summed E-state index contributed by atoms with van der Waals surface area (Å²) in [6.45, 7) is -1.61. The molecule has 0 unspecified atom stereocenters. The Labute approximate surface area is 125 Å². The number of alkyl halides is 3. The first kappa shape index (κ1) is 16.1. The van der Waals surface area contributed by atoms with Gasteiger partial charge in [-0.1, -0.05) is 0 Å². The van der Waals surface area contributed by atoms with E-state index in [1.54, 1.807) is 29.6 Å². The quantitative estimate of drug-likeness (QED) is 0.753. The summed E-state index contributed by atoms with van der Waals surface area (Å²) in [7, 11) is 0. The number of rotatable bonds is 6. The van der Waals surface area contributed by atoms with Crippen molar-refractivity contribution in [1.82, 2.24) is 5.32 Å². The fourth-order valence-electron chi connectivity index (χ4n) is 1.70. The van der Waals surface area contributed by atoms with E-state index in [-0.39, 0.29) is 18.4 Å². The van der Waals surface area contributed by atoms with Crippen molar-refractivity contribution in [3.63, 3.8) is 0 Å². The van der Waals surface area contributed by atoms with Crippen LogP contribution in [-0.2, 0) is 9.59 Å². The van der Waals surface area contributed by atoms with Crippen LogP contribution in [0, 0.1) is 5.92 Å². The molecule has 0 bridgehead atoms. The molecule has 2 rings (SSSR count). The molecule has 3 N–H and O–H groups in total. The number of amides is 2. The van der Waals surface area contributed by atoms with E-state index >= 15 is 0 Å². The van der Waals surface area contributed by atoms with Crippen LogP contribution < -0.4 is 16.0 Å². The van der Waals surface area contributed by atoms with Crippen molar-refractivity contribution in [2.45, 2.75) is 19.0 Å². The summed E-state index contributed by atoms with van der Waals surface area (Å²) in [6, 6.07) is 6.60. The minimum absolute atomic E-state index is 0.00719. The fourth-order valence-corrected chi connectivity index (χ4v) is 1.70. The molecule has 0 radical (unpaired) electrons. The number of nitrogens with one attached hydrogen (secondary N) is 3. The largest absolute Gasteiger partial charge is 0.405 e. The van der Waals surface area contributed by atoms with Gasteiger partial charge in [0.2, 0.25) is 11.8 Å². The molecule has 5 nitrogen and oxygen atoms in total. The molecule has 0 aliphatic heterocycles. The molecule has 0 saturated heterocycles. The van der Waals surface area contributed by atoms with Crippen LogP contribution in [0.15, 0.2) is 24.3 Å².